The van der Waals surface area contributed by atoms with Crippen LogP contribution in [0.1, 0.15) is 44.3 Å². The maximum Gasteiger partial charge on any atom is 0.303 e. The van der Waals surface area contributed by atoms with Gasteiger partial charge in [-0.3, -0.25) is 14.4 Å². The zero-order chi connectivity index (χ0) is 32.2. The van der Waals surface area contributed by atoms with Crippen LogP contribution >= 0.6 is 0 Å². The Morgan fingerprint density at radius 2 is 1.55 bits per heavy atom. The fourth-order valence-corrected chi connectivity index (χ4v) is 5.30. The van der Waals surface area contributed by atoms with E-state index in [4.69, 9.17) is 23.7 Å². The molecule has 0 radical (unpaired) electrons. The highest BCUT2D eigenvalue weighted by Crippen LogP contribution is 2.41. The van der Waals surface area contributed by atoms with E-state index >= 15 is 0 Å². The summed E-state index contributed by atoms with van der Waals surface area (Å²) >= 11 is 0. The number of hydrogen-bond acceptors (Lipinski definition) is 16. The van der Waals surface area contributed by atoms with Crippen LogP contribution < -0.4 is 4.74 Å². The van der Waals surface area contributed by atoms with Gasteiger partial charge in [-0.1, -0.05) is 0 Å². The molecule has 10 atom stereocenters. The molecule has 0 amide bonds. The van der Waals surface area contributed by atoms with Crippen LogP contribution in [0.2, 0.25) is 0 Å². The molecule has 238 valence electrons. The van der Waals surface area contributed by atoms with Crippen molar-refractivity contribution in [3.8, 4) is 17.2 Å². The first-order valence-electron chi connectivity index (χ1n) is 13.4. The predicted octanol–water partition coefficient (Wildman–Crippen LogP) is -2.29. The summed E-state index contributed by atoms with van der Waals surface area (Å²) in [5.74, 6) is -3.52. The molecule has 3 aliphatic rings. The van der Waals surface area contributed by atoms with Crippen molar-refractivity contribution < 1.29 is 78.9 Å². The molecule has 16 heteroatoms. The molecule has 5 rings (SSSR count). The van der Waals surface area contributed by atoms with Crippen molar-refractivity contribution in [1.82, 2.24) is 0 Å². The number of phenols is 2. The Morgan fingerprint density at radius 1 is 0.841 bits per heavy atom. The molecule has 0 aromatic heterocycles. The van der Waals surface area contributed by atoms with Crippen molar-refractivity contribution in [3.05, 3.63) is 52.1 Å². The monoisotopic (exact) mass is 622 g/mol. The molecule has 0 spiro atoms. The van der Waals surface area contributed by atoms with E-state index < -0.39 is 91.5 Å². The molecule has 8 N–H and O–H groups in total. The molecule has 16 nitrogen and oxygen atoms in total. The van der Waals surface area contributed by atoms with Gasteiger partial charge in [0.15, 0.2) is 36.4 Å². The van der Waals surface area contributed by atoms with E-state index in [-0.39, 0.29) is 39.3 Å². The van der Waals surface area contributed by atoms with E-state index in [0.29, 0.717) is 0 Å². The highest BCUT2D eigenvalue weighted by molar-refractivity contribution is 6.29. The first-order chi connectivity index (χ1) is 20.7. The summed E-state index contributed by atoms with van der Waals surface area (Å²) in [5, 5.41) is 81.9. The van der Waals surface area contributed by atoms with Crippen LogP contribution in [-0.2, 0) is 23.7 Å². The number of ketones is 2. The number of hydrogen-bond donors (Lipinski definition) is 8. The van der Waals surface area contributed by atoms with Gasteiger partial charge in [-0.2, -0.15) is 0 Å². The van der Waals surface area contributed by atoms with Gasteiger partial charge in [-0.25, -0.2) is 0 Å². The minimum absolute atomic E-state index is 0.0442. The molecule has 2 saturated heterocycles. The molecule has 2 heterocycles. The number of phenolic OH excluding ortho intramolecular Hbond substituents is 2. The number of esters is 1. The average molecular weight is 623 g/mol. The first-order valence-corrected chi connectivity index (χ1v) is 13.4. The summed E-state index contributed by atoms with van der Waals surface area (Å²) in [4.78, 5) is 38.5. The summed E-state index contributed by atoms with van der Waals surface area (Å²) in [7, 11) is 0. The Morgan fingerprint density at radius 3 is 2.20 bits per heavy atom. The molecule has 2 aromatic rings. The number of aliphatic hydroxyl groups is 6. The number of carbonyl (C=O) groups is 3. The van der Waals surface area contributed by atoms with Crippen LogP contribution in [-0.4, -0.2) is 127 Å². The van der Waals surface area contributed by atoms with Gasteiger partial charge in [0, 0.05) is 29.2 Å². The standard InChI is InChI=1S/C28H30O16/c1-8-14(6-13-16(17(8)32)19(34)11-4-3-10(31)5-12(11)18(13)33)41-28-25(24(40-9(2)30)20(35)15(7-29)42-28)43-27-23(38)21(36)22(37)26(39)44-27/h3-6,15,20-29,31-32,35-39H,7H2,1-2H3/t15-,20+,21-,22-,23+,24-,25-,26-,27+,28-/m1/s1. The van der Waals surface area contributed by atoms with E-state index in [1.165, 1.54) is 19.1 Å². The summed E-state index contributed by atoms with van der Waals surface area (Å²) in [6, 6.07) is 4.67. The van der Waals surface area contributed by atoms with Crippen molar-refractivity contribution in [2.24, 2.45) is 0 Å². The van der Waals surface area contributed by atoms with Crippen molar-refractivity contribution in [3.63, 3.8) is 0 Å². The fraction of sp³-hybridized carbons (Fsp3) is 0.464. The second-order valence-electron chi connectivity index (χ2n) is 10.5. The number of carbonyl (C=O) groups excluding carboxylic acids is 3. The van der Waals surface area contributed by atoms with E-state index in [2.05, 4.69) is 0 Å². The lowest BCUT2D eigenvalue weighted by Gasteiger charge is -2.46. The average Bonchev–Trinajstić information content (AvgIpc) is 2.98. The Labute approximate surface area is 248 Å². The quantitative estimate of drug-likeness (QED) is 0.135. The Bertz CT molecular complexity index is 1470. The van der Waals surface area contributed by atoms with Gasteiger partial charge in [-0.15, -0.1) is 0 Å². The van der Waals surface area contributed by atoms with Crippen molar-refractivity contribution in [2.75, 3.05) is 6.61 Å². The fourth-order valence-electron chi connectivity index (χ4n) is 5.30. The van der Waals surface area contributed by atoms with Crippen LogP contribution in [0.25, 0.3) is 0 Å². The lowest BCUT2D eigenvalue weighted by molar-refractivity contribution is -0.378. The van der Waals surface area contributed by atoms with Crippen LogP contribution in [0.5, 0.6) is 17.2 Å². The van der Waals surface area contributed by atoms with Gasteiger partial charge >= 0.3 is 5.97 Å². The molecule has 1 aliphatic carbocycles. The number of aromatic hydroxyl groups is 2. The lowest BCUT2D eigenvalue weighted by Crippen LogP contribution is -2.65. The largest absolute Gasteiger partial charge is 0.508 e. The second kappa shape index (κ2) is 12.0. The Hall–Kier alpha value is -3.71. The maximum atomic E-state index is 13.4. The topological polar surface area (TPSA) is 259 Å². The Kier molecular flexibility index (Phi) is 8.65. The lowest BCUT2D eigenvalue weighted by atomic mass is 9.82. The molecule has 0 unspecified atom stereocenters. The van der Waals surface area contributed by atoms with Crippen LogP contribution in [0.15, 0.2) is 24.3 Å². The normalized spacial score (nSPS) is 33.4. The van der Waals surface area contributed by atoms with E-state index in [9.17, 15) is 55.2 Å². The highest BCUT2D eigenvalue weighted by atomic mass is 16.8. The van der Waals surface area contributed by atoms with Gasteiger partial charge in [0.25, 0.3) is 0 Å². The van der Waals surface area contributed by atoms with Crippen molar-refractivity contribution in [2.45, 2.75) is 75.4 Å². The maximum absolute atomic E-state index is 13.4. The van der Waals surface area contributed by atoms with Crippen molar-refractivity contribution in [1.29, 1.82) is 0 Å². The summed E-state index contributed by atoms with van der Waals surface area (Å²) in [5.41, 5.74) is -0.850. The molecular formula is C28H30O16. The third kappa shape index (κ3) is 5.40. The zero-order valence-corrected chi connectivity index (χ0v) is 23.1. The zero-order valence-electron chi connectivity index (χ0n) is 23.1. The smallest absolute Gasteiger partial charge is 0.303 e. The van der Waals surface area contributed by atoms with E-state index in [0.717, 1.165) is 19.1 Å². The van der Waals surface area contributed by atoms with Crippen LogP contribution in [0.3, 0.4) is 0 Å². The first kappa shape index (κ1) is 31.7. The molecule has 2 aromatic carbocycles. The van der Waals surface area contributed by atoms with Gasteiger partial charge < -0.3 is 64.5 Å². The molecule has 0 saturated carbocycles. The second-order valence-corrected chi connectivity index (χ2v) is 10.5. The van der Waals surface area contributed by atoms with Gasteiger partial charge in [0.2, 0.25) is 6.29 Å². The SMILES string of the molecule is CC(=O)O[C@@H]1[C@@H](O)[C@@H](CO)O[C@@H](Oc2cc3c(c(O)c2C)C(=O)c2ccc(O)cc2C3=O)[C@@H]1O[C@H]1O[C@@H](O)[C@H](O)[C@@H](O)[C@@H]1O. The van der Waals surface area contributed by atoms with Crippen LogP contribution in [0, 0.1) is 6.92 Å². The molecular weight excluding hydrogens is 592 g/mol. The molecule has 44 heavy (non-hydrogen) atoms. The molecule has 0 bridgehead atoms. The number of benzene rings is 2. The van der Waals surface area contributed by atoms with Gasteiger partial charge in [-0.05, 0) is 31.2 Å². The van der Waals surface area contributed by atoms with Gasteiger partial charge in [0.05, 0.1) is 12.2 Å². The Balaban J connectivity index is 1.55. The predicted molar refractivity (Wildman–Crippen MR) is 140 cm³/mol. The third-order valence-corrected chi connectivity index (χ3v) is 7.65. The van der Waals surface area contributed by atoms with E-state index in [1.54, 1.807) is 0 Å². The minimum Gasteiger partial charge on any atom is -0.508 e. The number of rotatable bonds is 6. The summed E-state index contributed by atoms with van der Waals surface area (Å²) in [6.07, 6.45) is -18.2. The van der Waals surface area contributed by atoms with Crippen molar-refractivity contribution >= 4 is 17.5 Å². The minimum atomic E-state index is -2.03. The van der Waals surface area contributed by atoms with Crippen LogP contribution in [0.4, 0.5) is 0 Å². The highest BCUT2D eigenvalue weighted by Gasteiger charge is 2.53. The number of ether oxygens (including phenoxy) is 5. The third-order valence-electron chi connectivity index (χ3n) is 7.65. The molecule has 2 aliphatic heterocycles. The number of fused-ring (bicyclic) bond motifs is 2. The van der Waals surface area contributed by atoms with Gasteiger partial charge in [0.1, 0.15) is 47.8 Å². The molecule has 2 fully saturated rings. The summed E-state index contributed by atoms with van der Waals surface area (Å²) in [6.45, 7) is 1.53. The van der Waals surface area contributed by atoms with E-state index in [1.807, 2.05) is 0 Å². The number of aliphatic hydroxyl groups excluding tert-OH is 6. The summed E-state index contributed by atoms with van der Waals surface area (Å²) < 4.78 is 27.6.